The molecular formula is C24H25NO3S3. The minimum Gasteiger partial charge on any atom is -0.392 e. The minimum atomic E-state index is -3.59. The number of rotatable bonds is 6. The van der Waals surface area contributed by atoms with Crippen LogP contribution in [0.25, 0.3) is 16.5 Å². The lowest BCUT2D eigenvalue weighted by molar-refractivity contribution is 0.343. The second kappa shape index (κ2) is 9.69. The van der Waals surface area contributed by atoms with E-state index in [1.54, 1.807) is 36.4 Å². The van der Waals surface area contributed by atoms with Crippen LogP contribution in [-0.2, 0) is 9.84 Å². The summed E-state index contributed by atoms with van der Waals surface area (Å²) in [4.78, 5) is 3.74. The summed E-state index contributed by atoms with van der Waals surface area (Å²) in [6.07, 6.45) is 4.45. The molecule has 7 heteroatoms. The van der Waals surface area contributed by atoms with E-state index < -0.39 is 9.84 Å². The molecular weight excluding hydrogens is 446 g/mol. The zero-order valence-corrected chi connectivity index (χ0v) is 19.7. The van der Waals surface area contributed by atoms with Gasteiger partial charge in [0.15, 0.2) is 9.84 Å². The van der Waals surface area contributed by atoms with E-state index in [0.29, 0.717) is 5.57 Å². The highest BCUT2D eigenvalue weighted by Gasteiger charge is 2.25. The lowest BCUT2D eigenvalue weighted by Crippen LogP contribution is -2.03. The van der Waals surface area contributed by atoms with Crippen LogP contribution < -0.4 is 0 Å². The van der Waals surface area contributed by atoms with E-state index in [1.807, 2.05) is 48.6 Å². The maximum atomic E-state index is 12.8. The van der Waals surface area contributed by atoms with Crippen molar-refractivity contribution in [1.29, 1.82) is 0 Å². The number of hydrogen-bond acceptors (Lipinski definition) is 5. The van der Waals surface area contributed by atoms with E-state index >= 15 is 0 Å². The number of allylic oxidation sites excluding steroid dienone is 2. The van der Waals surface area contributed by atoms with Crippen LogP contribution in [0.5, 0.6) is 0 Å². The Morgan fingerprint density at radius 3 is 2.55 bits per heavy atom. The van der Waals surface area contributed by atoms with E-state index in [-0.39, 0.29) is 16.1 Å². The fourth-order valence-corrected chi connectivity index (χ4v) is 7.63. The predicted octanol–water partition coefficient (Wildman–Crippen LogP) is 5.71. The third-order valence-electron chi connectivity index (χ3n) is 5.19. The van der Waals surface area contributed by atoms with Gasteiger partial charge in [-0.25, -0.2) is 8.42 Å². The summed E-state index contributed by atoms with van der Waals surface area (Å²) in [5.41, 5.74) is 4.74. The second-order valence-electron chi connectivity index (χ2n) is 7.39. The first-order valence-corrected chi connectivity index (χ1v) is 13.8. The predicted molar refractivity (Wildman–Crippen MR) is 133 cm³/mol. The topological polar surface area (TPSA) is 70.2 Å². The van der Waals surface area contributed by atoms with E-state index in [2.05, 4.69) is 11.1 Å². The summed E-state index contributed by atoms with van der Waals surface area (Å²) in [7, 11) is -3.59. The number of sulfone groups is 1. The Hall–Kier alpha value is -1.93. The molecule has 0 atom stereocenters. The fourth-order valence-electron chi connectivity index (χ4n) is 3.61. The molecule has 0 unspecified atom stereocenters. The number of aromatic nitrogens is 1. The third kappa shape index (κ3) is 4.95. The summed E-state index contributed by atoms with van der Waals surface area (Å²) in [6.45, 7) is 1.75. The largest absolute Gasteiger partial charge is 0.392 e. The molecule has 0 radical (unpaired) electrons. The molecule has 0 bridgehead atoms. The summed E-state index contributed by atoms with van der Waals surface area (Å²) in [5, 5.41) is 12.0. The Bertz CT molecular complexity index is 1220. The van der Waals surface area contributed by atoms with E-state index in [1.165, 1.54) is 17.4 Å². The second-order valence-corrected chi connectivity index (χ2v) is 11.9. The van der Waals surface area contributed by atoms with Crippen LogP contribution in [0.1, 0.15) is 27.8 Å². The van der Waals surface area contributed by atoms with E-state index in [9.17, 15) is 13.5 Å². The molecule has 2 heterocycles. The van der Waals surface area contributed by atoms with Crippen LogP contribution in [-0.4, -0.2) is 36.6 Å². The molecule has 1 saturated heterocycles. The fraction of sp³-hybridized carbons (Fsp3) is 0.250. The maximum Gasteiger partial charge on any atom is 0.199 e. The van der Waals surface area contributed by atoms with Crippen LogP contribution in [0.4, 0.5) is 0 Å². The number of fused-ring (bicyclic) bond motifs is 1. The molecule has 2 aromatic carbocycles. The quantitative estimate of drug-likeness (QED) is 0.451. The van der Waals surface area contributed by atoms with Crippen molar-refractivity contribution in [2.24, 2.45) is 0 Å². The molecule has 1 fully saturated rings. The third-order valence-corrected chi connectivity index (χ3v) is 9.55. The number of benzene rings is 2. The number of hydrogen-bond donors (Lipinski definition) is 2. The molecule has 31 heavy (non-hydrogen) atoms. The monoisotopic (exact) mass is 471 g/mol. The zero-order valence-electron chi connectivity index (χ0n) is 17.2. The van der Waals surface area contributed by atoms with Crippen molar-refractivity contribution in [3.05, 3.63) is 82.9 Å². The lowest BCUT2D eigenvalue weighted by atomic mass is 10.1. The van der Waals surface area contributed by atoms with Crippen molar-refractivity contribution in [2.75, 3.05) is 18.1 Å². The van der Waals surface area contributed by atoms with Gasteiger partial charge in [-0.2, -0.15) is 0 Å². The average molecular weight is 472 g/mol. The first-order chi connectivity index (χ1) is 15.0. The molecule has 4 rings (SSSR count). The Kier molecular flexibility index (Phi) is 6.96. The summed E-state index contributed by atoms with van der Waals surface area (Å²) >= 11 is 3.84. The Morgan fingerprint density at radius 2 is 1.84 bits per heavy atom. The van der Waals surface area contributed by atoms with Gasteiger partial charge in [-0.1, -0.05) is 35.9 Å². The molecule has 0 amide bonds. The van der Waals surface area contributed by atoms with Gasteiger partial charge in [0.2, 0.25) is 0 Å². The van der Waals surface area contributed by atoms with Crippen molar-refractivity contribution < 1.29 is 13.5 Å². The lowest BCUT2D eigenvalue weighted by Gasteiger charge is -2.22. The minimum absolute atomic E-state index is 0.177. The molecule has 1 aromatic heterocycles. The average Bonchev–Trinajstić information content (AvgIpc) is 3.17. The van der Waals surface area contributed by atoms with Gasteiger partial charge in [-0.3, -0.25) is 0 Å². The highest BCUT2D eigenvalue weighted by Crippen LogP contribution is 2.48. The van der Waals surface area contributed by atoms with Crippen molar-refractivity contribution in [1.82, 2.24) is 4.98 Å². The van der Waals surface area contributed by atoms with Crippen LogP contribution in [0.3, 0.4) is 0 Å². The van der Waals surface area contributed by atoms with E-state index in [0.717, 1.165) is 33.7 Å². The van der Waals surface area contributed by atoms with Gasteiger partial charge in [-0.15, -0.1) is 23.5 Å². The van der Waals surface area contributed by atoms with Gasteiger partial charge >= 0.3 is 0 Å². The number of aliphatic hydroxyl groups is 1. The van der Waals surface area contributed by atoms with E-state index in [4.69, 9.17) is 0 Å². The molecule has 162 valence electrons. The van der Waals surface area contributed by atoms with Gasteiger partial charge in [0.25, 0.3) is 0 Å². The van der Waals surface area contributed by atoms with Crippen molar-refractivity contribution in [3.63, 3.8) is 0 Å². The summed E-state index contributed by atoms with van der Waals surface area (Å²) < 4.78 is 26.0. The smallest absolute Gasteiger partial charge is 0.199 e. The molecule has 0 saturated carbocycles. The van der Waals surface area contributed by atoms with Gasteiger partial charge in [0, 0.05) is 21.9 Å². The zero-order chi connectivity index (χ0) is 21.8. The molecule has 1 aliphatic rings. The Balaban J connectivity index is 1.77. The van der Waals surface area contributed by atoms with Crippen LogP contribution in [0.15, 0.2) is 71.0 Å². The summed E-state index contributed by atoms with van der Waals surface area (Å²) in [6, 6.07) is 15.0. The summed E-state index contributed by atoms with van der Waals surface area (Å²) in [5.74, 6) is 2.21. The first-order valence-electron chi connectivity index (χ1n) is 10.1. The number of thioether (sulfide) groups is 2. The molecule has 1 aliphatic heterocycles. The normalized spacial score (nSPS) is 16.4. The highest BCUT2D eigenvalue weighted by molar-refractivity contribution is 8.16. The van der Waals surface area contributed by atoms with Crippen LogP contribution in [0.2, 0.25) is 0 Å². The number of para-hydroxylation sites is 1. The van der Waals surface area contributed by atoms with Crippen molar-refractivity contribution in [2.45, 2.75) is 22.8 Å². The molecule has 0 aliphatic carbocycles. The van der Waals surface area contributed by atoms with Crippen LogP contribution in [0, 0.1) is 6.92 Å². The van der Waals surface area contributed by atoms with Crippen LogP contribution >= 0.6 is 23.5 Å². The van der Waals surface area contributed by atoms with Gasteiger partial charge in [-0.05, 0) is 60.8 Å². The maximum absolute atomic E-state index is 12.8. The molecule has 3 aromatic rings. The SMILES string of the molecule is Cc1ccc(S(=O)(=O)/C=C\C(=C\CO)c2[nH]c3ccccc3c2C2SCCCS2)cc1. The van der Waals surface area contributed by atoms with Crippen molar-refractivity contribution in [3.8, 4) is 0 Å². The standard InChI is InChI=1S/C24H25NO3S3/c1-17-7-9-19(10-8-17)31(27,28)16-12-18(11-13-26)23-22(24-29-14-4-15-30-24)20-5-2-3-6-21(20)25-23/h2-3,5-12,16,24-26H,4,13-15H2,1H3/b16-12-,18-11-. The van der Waals surface area contributed by atoms with Gasteiger partial charge in [0.1, 0.15) is 0 Å². The van der Waals surface area contributed by atoms with Gasteiger partial charge < -0.3 is 10.1 Å². The molecule has 4 nitrogen and oxygen atoms in total. The number of nitrogens with one attached hydrogen (secondary N) is 1. The number of aliphatic hydroxyl groups excluding tert-OH is 1. The van der Waals surface area contributed by atoms with Gasteiger partial charge in [0.05, 0.1) is 21.8 Å². The molecule has 2 N–H and O–H groups in total. The Labute approximate surface area is 191 Å². The Morgan fingerprint density at radius 1 is 1.13 bits per heavy atom. The number of aryl methyl sites for hydroxylation is 1. The highest BCUT2D eigenvalue weighted by atomic mass is 32.2. The number of H-pyrrole nitrogens is 1. The van der Waals surface area contributed by atoms with Crippen molar-refractivity contribution >= 4 is 49.8 Å². The first kappa shape index (κ1) is 22.3. The molecule has 0 spiro atoms. The number of aromatic amines is 1.